The van der Waals surface area contributed by atoms with Gasteiger partial charge in [-0.1, -0.05) is 45.4 Å². The van der Waals surface area contributed by atoms with Crippen molar-refractivity contribution in [2.24, 2.45) is 5.92 Å². The van der Waals surface area contributed by atoms with Crippen LogP contribution >= 0.6 is 0 Å². The van der Waals surface area contributed by atoms with Gasteiger partial charge in [0.25, 0.3) is 5.97 Å². The molecule has 1 aromatic rings. The first-order valence-corrected chi connectivity index (χ1v) is 8.84. The van der Waals surface area contributed by atoms with E-state index in [9.17, 15) is 18.3 Å². The van der Waals surface area contributed by atoms with Gasteiger partial charge in [0.05, 0.1) is 0 Å². The molecule has 1 aromatic carbocycles. The van der Waals surface area contributed by atoms with Gasteiger partial charge in [0.1, 0.15) is 5.82 Å². The van der Waals surface area contributed by atoms with Crippen LogP contribution in [0.3, 0.4) is 0 Å². The molecule has 1 rings (SSSR count). The van der Waals surface area contributed by atoms with E-state index < -0.39 is 29.3 Å². The topological polar surface area (TPSA) is 38.7 Å². The quantitative estimate of drug-likeness (QED) is 0.325. The maximum absolute atomic E-state index is 13.9. The van der Waals surface area contributed by atoms with Crippen LogP contribution in [0.15, 0.2) is 12.1 Å². The van der Waals surface area contributed by atoms with Crippen LogP contribution in [0.4, 0.5) is 13.2 Å². The Bertz CT molecular complexity index is 519. The summed E-state index contributed by atoms with van der Waals surface area (Å²) in [5.74, 6) is -5.70. The lowest BCUT2D eigenvalue weighted by Gasteiger charge is -2.33. The molecule has 0 saturated carbocycles. The third-order valence-electron chi connectivity index (χ3n) is 4.56. The number of benzene rings is 1. The highest BCUT2D eigenvalue weighted by Crippen LogP contribution is 2.30. The summed E-state index contributed by atoms with van der Waals surface area (Å²) in [6, 6.07) is 1.34. The molecule has 0 aliphatic carbocycles. The number of rotatable bonds is 12. The van der Waals surface area contributed by atoms with Crippen LogP contribution in [-0.4, -0.2) is 25.3 Å². The van der Waals surface area contributed by atoms with Crippen molar-refractivity contribution in [2.45, 2.75) is 64.3 Å². The Balaban J connectivity index is 2.80. The molecule has 0 aromatic heterocycles. The number of methoxy groups -OCH3 is 2. The molecule has 0 bridgehead atoms. The Hall–Kier alpha value is -1.11. The molecule has 0 amide bonds. The first-order valence-electron chi connectivity index (χ1n) is 8.84. The van der Waals surface area contributed by atoms with Gasteiger partial charge in [0.15, 0.2) is 11.6 Å². The standard InChI is InChI=1S/C19H29F3O3/c1-4-5-6-7-8-9-10-15(19(23,24-2)25-3)11-14-12-17(21)18(22)13-16(14)20/h12-13,15,23H,4-11H2,1-3H3. The lowest BCUT2D eigenvalue weighted by atomic mass is 9.90. The molecular weight excluding hydrogens is 333 g/mol. The van der Waals surface area contributed by atoms with Crippen molar-refractivity contribution in [1.29, 1.82) is 0 Å². The van der Waals surface area contributed by atoms with Crippen LogP contribution < -0.4 is 0 Å². The van der Waals surface area contributed by atoms with Crippen LogP contribution in [-0.2, 0) is 15.9 Å². The Kier molecular flexibility index (Phi) is 9.46. The van der Waals surface area contributed by atoms with E-state index in [1.165, 1.54) is 20.6 Å². The van der Waals surface area contributed by atoms with Crippen molar-refractivity contribution in [3.05, 3.63) is 35.1 Å². The van der Waals surface area contributed by atoms with Crippen molar-refractivity contribution in [2.75, 3.05) is 14.2 Å². The average molecular weight is 362 g/mol. The molecule has 1 unspecified atom stereocenters. The highest BCUT2D eigenvalue weighted by Gasteiger charge is 2.37. The van der Waals surface area contributed by atoms with Gasteiger partial charge < -0.3 is 14.6 Å². The van der Waals surface area contributed by atoms with Crippen LogP contribution in [0.5, 0.6) is 0 Å². The van der Waals surface area contributed by atoms with Gasteiger partial charge in [0, 0.05) is 26.2 Å². The highest BCUT2D eigenvalue weighted by molar-refractivity contribution is 5.21. The molecule has 1 atom stereocenters. The fraction of sp³-hybridized carbons (Fsp3) is 0.684. The zero-order valence-electron chi connectivity index (χ0n) is 15.3. The summed E-state index contributed by atoms with van der Waals surface area (Å²) >= 11 is 0. The molecular formula is C19H29F3O3. The van der Waals surface area contributed by atoms with E-state index in [1.807, 2.05) is 0 Å². The molecule has 0 radical (unpaired) electrons. The summed E-state index contributed by atoms with van der Waals surface area (Å²) in [5, 5.41) is 10.5. The maximum atomic E-state index is 13.9. The second-order valence-corrected chi connectivity index (χ2v) is 6.35. The van der Waals surface area contributed by atoms with E-state index in [0.717, 1.165) is 38.2 Å². The zero-order chi connectivity index (χ0) is 18.9. The summed E-state index contributed by atoms with van der Waals surface area (Å²) in [4.78, 5) is 0. The molecule has 0 aliphatic rings. The van der Waals surface area contributed by atoms with E-state index >= 15 is 0 Å². The third-order valence-corrected chi connectivity index (χ3v) is 4.56. The van der Waals surface area contributed by atoms with E-state index in [0.29, 0.717) is 12.5 Å². The van der Waals surface area contributed by atoms with E-state index in [2.05, 4.69) is 6.92 Å². The average Bonchev–Trinajstić information content (AvgIpc) is 2.60. The van der Waals surface area contributed by atoms with Crippen molar-refractivity contribution >= 4 is 0 Å². The summed E-state index contributed by atoms with van der Waals surface area (Å²) in [7, 11) is 2.58. The predicted molar refractivity (Wildman–Crippen MR) is 90.5 cm³/mol. The molecule has 144 valence electrons. The van der Waals surface area contributed by atoms with E-state index in [-0.39, 0.29) is 12.0 Å². The molecule has 0 aliphatic heterocycles. The molecule has 3 nitrogen and oxygen atoms in total. The van der Waals surface area contributed by atoms with Crippen molar-refractivity contribution in [1.82, 2.24) is 0 Å². The minimum absolute atomic E-state index is 0.0117. The maximum Gasteiger partial charge on any atom is 0.283 e. The number of aliphatic hydroxyl groups is 1. The summed E-state index contributed by atoms with van der Waals surface area (Å²) < 4.78 is 50.6. The predicted octanol–water partition coefficient (Wildman–Crippen LogP) is 4.95. The zero-order valence-corrected chi connectivity index (χ0v) is 15.3. The smallest absolute Gasteiger partial charge is 0.283 e. The minimum atomic E-state index is -1.90. The van der Waals surface area contributed by atoms with Gasteiger partial charge >= 0.3 is 0 Å². The SMILES string of the molecule is CCCCCCCCC(Cc1cc(F)c(F)cc1F)C(O)(OC)OC. The Labute approximate surface area is 148 Å². The normalized spacial score (nSPS) is 13.2. The van der Waals surface area contributed by atoms with Gasteiger partial charge in [0.2, 0.25) is 0 Å². The molecule has 25 heavy (non-hydrogen) atoms. The fourth-order valence-corrected chi connectivity index (χ4v) is 2.99. The summed E-state index contributed by atoms with van der Waals surface area (Å²) in [5.41, 5.74) is -0.0117. The number of ether oxygens (including phenoxy) is 2. The lowest BCUT2D eigenvalue weighted by Crippen LogP contribution is -2.43. The highest BCUT2D eigenvalue weighted by atomic mass is 19.2. The molecule has 1 N–H and O–H groups in total. The van der Waals surface area contributed by atoms with Gasteiger partial charge in [-0.15, -0.1) is 0 Å². The Morgan fingerprint density at radius 1 is 0.920 bits per heavy atom. The molecule has 0 spiro atoms. The molecule has 6 heteroatoms. The van der Waals surface area contributed by atoms with Crippen molar-refractivity contribution in [3.63, 3.8) is 0 Å². The molecule has 0 fully saturated rings. The first-order chi connectivity index (χ1) is 11.9. The first kappa shape index (κ1) is 21.9. The van der Waals surface area contributed by atoms with Crippen LogP contribution in [0.2, 0.25) is 0 Å². The number of hydrogen-bond acceptors (Lipinski definition) is 3. The summed E-state index contributed by atoms with van der Waals surface area (Å²) in [6.07, 6.45) is 6.85. The van der Waals surface area contributed by atoms with Gasteiger partial charge in [-0.05, 0) is 24.5 Å². The monoisotopic (exact) mass is 362 g/mol. The minimum Gasteiger partial charge on any atom is -0.343 e. The van der Waals surface area contributed by atoms with Crippen molar-refractivity contribution in [3.8, 4) is 0 Å². The molecule has 0 saturated heterocycles. The number of halogens is 3. The number of unbranched alkanes of at least 4 members (excludes halogenated alkanes) is 5. The van der Waals surface area contributed by atoms with Gasteiger partial charge in [-0.2, -0.15) is 0 Å². The van der Waals surface area contributed by atoms with Crippen LogP contribution in [0, 0.1) is 23.4 Å². The summed E-state index contributed by atoms with van der Waals surface area (Å²) in [6.45, 7) is 2.14. The lowest BCUT2D eigenvalue weighted by molar-refractivity contribution is -0.368. The van der Waals surface area contributed by atoms with Gasteiger partial charge in [-0.3, -0.25) is 0 Å². The second kappa shape index (κ2) is 10.8. The Morgan fingerprint density at radius 2 is 1.48 bits per heavy atom. The largest absolute Gasteiger partial charge is 0.343 e. The van der Waals surface area contributed by atoms with Crippen LogP contribution in [0.25, 0.3) is 0 Å². The van der Waals surface area contributed by atoms with E-state index in [1.54, 1.807) is 0 Å². The third kappa shape index (κ3) is 6.60. The molecule has 0 heterocycles. The fourth-order valence-electron chi connectivity index (χ4n) is 2.99. The van der Waals surface area contributed by atoms with Crippen LogP contribution in [0.1, 0.15) is 57.4 Å². The van der Waals surface area contributed by atoms with Crippen molar-refractivity contribution < 1.29 is 27.8 Å². The number of hydrogen-bond donors (Lipinski definition) is 1. The van der Waals surface area contributed by atoms with E-state index in [4.69, 9.17) is 9.47 Å². The second-order valence-electron chi connectivity index (χ2n) is 6.35. The Morgan fingerprint density at radius 3 is 2.08 bits per heavy atom. The van der Waals surface area contributed by atoms with Gasteiger partial charge in [-0.25, -0.2) is 13.2 Å².